The second kappa shape index (κ2) is 61.9. The summed E-state index contributed by atoms with van der Waals surface area (Å²) in [5, 5.41) is 0. The molecule has 0 aromatic carbocycles. The number of hydrogen-bond acceptors (Lipinski definition) is 6. The van der Waals surface area contributed by atoms with Gasteiger partial charge in [0.1, 0.15) is 13.2 Å². The first-order chi connectivity index (χ1) is 36.5. The normalized spacial score (nSPS) is 12.7. The van der Waals surface area contributed by atoms with Crippen molar-refractivity contribution in [1.29, 1.82) is 0 Å². The molecule has 1 atom stereocenters. The van der Waals surface area contributed by atoms with Crippen LogP contribution in [0.25, 0.3) is 0 Å². The third-order valence-electron chi connectivity index (χ3n) is 13.3. The molecule has 0 spiro atoms. The van der Waals surface area contributed by atoms with E-state index in [1.54, 1.807) is 0 Å². The average molecular weight is 1030 g/mol. The molecule has 0 N–H and O–H groups in total. The molecule has 74 heavy (non-hydrogen) atoms. The van der Waals surface area contributed by atoms with Gasteiger partial charge in [0.2, 0.25) is 0 Å². The molecule has 0 aromatic rings. The van der Waals surface area contributed by atoms with Crippen molar-refractivity contribution in [2.45, 2.75) is 303 Å². The molecular formula is C68H116O6. The minimum atomic E-state index is -0.776. The average Bonchev–Trinajstić information content (AvgIpc) is 3.40. The van der Waals surface area contributed by atoms with Gasteiger partial charge in [0.15, 0.2) is 6.10 Å². The van der Waals surface area contributed by atoms with Crippen LogP contribution in [-0.4, -0.2) is 37.2 Å². The fraction of sp³-hybridized carbons (Fsp3) is 0.721. The zero-order valence-corrected chi connectivity index (χ0v) is 48.6. The molecule has 0 rings (SSSR count). The van der Waals surface area contributed by atoms with Gasteiger partial charge >= 0.3 is 17.9 Å². The van der Waals surface area contributed by atoms with E-state index < -0.39 is 6.10 Å². The van der Waals surface area contributed by atoms with Crippen LogP contribution in [0.15, 0.2) is 97.2 Å². The second-order valence-electron chi connectivity index (χ2n) is 20.6. The third-order valence-corrected chi connectivity index (χ3v) is 13.3. The summed E-state index contributed by atoms with van der Waals surface area (Å²) in [4.78, 5) is 38.0. The van der Waals surface area contributed by atoms with Crippen LogP contribution in [0.1, 0.15) is 297 Å². The Bertz CT molecular complexity index is 1460. The Morgan fingerprint density at radius 2 is 0.527 bits per heavy atom. The van der Waals surface area contributed by atoms with E-state index in [2.05, 4.69) is 118 Å². The van der Waals surface area contributed by atoms with Crippen molar-refractivity contribution in [2.24, 2.45) is 0 Å². The van der Waals surface area contributed by atoms with Crippen molar-refractivity contribution in [3.63, 3.8) is 0 Å². The van der Waals surface area contributed by atoms with Gasteiger partial charge in [0.05, 0.1) is 0 Å². The quantitative estimate of drug-likeness (QED) is 0.0261. The lowest BCUT2D eigenvalue weighted by Gasteiger charge is -2.18. The monoisotopic (exact) mass is 1030 g/mol. The first-order valence-corrected chi connectivity index (χ1v) is 31.2. The lowest BCUT2D eigenvalue weighted by Crippen LogP contribution is -2.30. The van der Waals surface area contributed by atoms with Gasteiger partial charge in [-0.25, -0.2) is 0 Å². The molecular weight excluding hydrogens is 913 g/mol. The van der Waals surface area contributed by atoms with Crippen LogP contribution in [-0.2, 0) is 28.6 Å². The summed E-state index contributed by atoms with van der Waals surface area (Å²) in [6, 6.07) is 0. The lowest BCUT2D eigenvalue weighted by molar-refractivity contribution is -0.167. The number of carbonyl (C=O) groups is 3. The van der Waals surface area contributed by atoms with Crippen molar-refractivity contribution in [3.8, 4) is 0 Å². The van der Waals surface area contributed by atoms with Gasteiger partial charge in [-0.05, 0) is 96.3 Å². The van der Waals surface area contributed by atoms with Crippen molar-refractivity contribution in [2.75, 3.05) is 13.2 Å². The molecule has 0 fully saturated rings. The van der Waals surface area contributed by atoms with Gasteiger partial charge in [0, 0.05) is 19.3 Å². The predicted octanol–water partition coefficient (Wildman–Crippen LogP) is 21.3. The zero-order chi connectivity index (χ0) is 53.6. The van der Waals surface area contributed by atoms with Crippen molar-refractivity contribution in [1.82, 2.24) is 0 Å². The number of allylic oxidation sites excluding steroid dienone is 16. The van der Waals surface area contributed by atoms with Crippen LogP contribution in [0.5, 0.6) is 0 Å². The molecule has 6 nitrogen and oxygen atoms in total. The van der Waals surface area contributed by atoms with Crippen molar-refractivity contribution >= 4 is 17.9 Å². The molecule has 0 aliphatic carbocycles. The van der Waals surface area contributed by atoms with E-state index in [1.807, 2.05) is 0 Å². The number of hydrogen-bond donors (Lipinski definition) is 0. The second-order valence-corrected chi connectivity index (χ2v) is 20.6. The summed E-state index contributed by atoms with van der Waals surface area (Å²) >= 11 is 0. The Labute approximate surface area is 457 Å². The van der Waals surface area contributed by atoms with Gasteiger partial charge in [-0.2, -0.15) is 0 Å². The molecule has 0 aliphatic rings. The highest BCUT2D eigenvalue weighted by Gasteiger charge is 2.19. The molecule has 0 heterocycles. The van der Waals surface area contributed by atoms with E-state index in [0.717, 1.165) is 109 Å². The Morgan fingerprint density at radius 1 is 0.284 bits per heavy atom. The maximum absolute atomic E-state index is 12.8. The molecule has 0 bridgehead atoms. The molecule has 0 aromatic heterocycles. The minimum Gasteiger partial charge on any atom is -0.462 e. The highest BCUT2D eigenvalue weighted by atomic mass is 16.6. The molecule has 6 heteroatoms. The number of carbonyl (C=O) groups excluding carboxylic acids is 3. The number of unbranched alkanes of at least 4 members (excludes halogenated alkanes) is 29. The first kappa shape index (κ1) is 70.3. The third kappa shape index (κ3) is 59.2. The molecule has 0 aliphatic heterocycles. The fourth-order valence-corrected chi connectivity index (χ4v) is 8.72. The maximum Gasteiger partial charge on any atom is 0.306 e. The molecule has 1 unspecified atom stereocenters. The summed E-state index contributed by atoms with van der Waals surface area (Å²) < 4.78 is 16.8. The Morgan fingerprint density at radius 3 is 0.824 bits per heavy atom. The van der Waals surface area contributed by atoms with Crippen LogP contribution in [0.2, 0.25) is 0 Å². The van der Waals surface area contributed by atoms with E-state index in [0.29, 0.717) is 19.3 Å². The Hall–Kier alpha value is -3.67. The minimum absolute atomic E-state index is 0.0770. The fourth-order valence-electron chi connectivity index (χ4n) is 8.72. The zero-order valence-electron chi connectivity index (χ0n) is 48.6. The standard InChI is InChI=1S/C68H116O6/c1-4-7-10-13-16-18-20-22-24-26-28-30-32-34-36-38-40-42-44-46-48-50-52-55-58-61-67(70)73-64-65(63-72-66(69)60-57-54-15-12-9-6-3)74-68(71)62-59-56-53-51-49-47-45-43-41-39-37-35-33-31-29-27-25-23-21-19-17-14-11-8-5-2/h7-8,10-11,16-19,22-25,28-31,65H,4-6,9,12-15,20-21,26-27,32-64H2,1-3H3/b10-7-,11-8-,18-16-,19-17-,24-22-,25-23-,30-28-,31-29-. The molecule has 0 amide bonds. The first-order valence-electron chi connectivity index (χ1n) is 31.2. The Balaban J connectivity index is 4.10. The highest BCUT2D eigenvalue weighted by molar-refractivity contribution is 5.71. The van der Waals surface area contributed by atoms with Crippen LogP contribution in [0.4, 0.5) is 0 Å². The van der Waals surface area contributed by atoms with Crippen molar-refractivity contribution < 1.29 is 28.6 Å². The lowest BCUT2D eigenvalue weighted by atomic mass is 10.0. The number of esters is 3. The molecule has 0 radical (unpaired) electrons. The van der Waals surface area contributed by atoms with Crippen LogP contribution in [0.3, 0.4) is 0 Å². The van der Waals surface area contributed by atoms with Crippen molar-refractivity contribution in [3.05, 3.63) is 97.2 Å². The van der Waals surface area contributed by atoms with E-state index in [4.69, 9.17) is 14.2 Å². The van der Waals surface area contributed by atoms with E-state index in [1.165, 1.54) is 148 Å². The SMILES string of the molecule is CC/C=C\C/C=C\C/C=C\C/C=C\CCCCCCCCCCCCCCC(=O)OCC(COC(=O)CCCCCCCC)OC(=O)CCCCCCCCCCCCCC/C=C\C/C=C\C/C=C\C/C=C\CC. The summed E-state index contributed by atoms with van der Waals surface area (Å²) in [6.07, 6.45) is 83.0. The van der Waals surface area contributed by atoms with Gasteiger partial charge in [-0.3, -0.25) is 14.4 Å². The van der Waals surface area contributed by atoms with E-state index in [9.17, 15) is 14.4 Å². The summed E-state index contributed by atoms with van der Waals surface area (Å²) in [5.74, 6) is -0.882. The summed E-state index contributed by atoms with van der Waals surface area (Å²) in [5.41, 5.74) is 0. The van der Waals surface area contributed by atoms with E-state index >= 15 is 0 Å². The van der Waals surface area contributed by atoms with E-state index in [-0.39, 0.29) is 31.1 Å². The van der Waals surface area contributed by atoms with Gasteiger partial charge < -0.3 is 14.2 Å². The van der Waals surface area contributed by atoms with Gasteiger partial charge in [-0.1, -0.05) is 279 Å². The molecule has 424 valence electrons. The smallest absolute Gasteiger partial charge is 0.306 e. The molecule has 0 saturated carbocycles. The number of ether oxygens (including phenoxy) is 3. The predicted molar refractivity (Wildman–Crippen MR) is 320 cm³/mol. The highest BCUT2D eigenvalue weighted by Crippen LogP contribution is 2.16. The van der Waals surface area contributed by atoms with Crippen LogP contribution >= 0.6 is 0 Å². The maximum atomic E-state index is 12.8. The van der Waals surface area contributed by atoms with Gasteiger partial charge in [0.25, 0.3) is 0 Å². The summed E-state index contributed by atoms with van der Waals surface area (Å²) in [6.45, 7) is 6.37. The van der Waals surface area contributed by atoms with Gasteiger partial charge in [-0.15, -0.1) is 0 Å². The topological polar surface area (TPSA) is 78.9 Å². The Kier molecular flexibility index (Phi) is 58.8. The molecule has 0 saturated heterocycles. The van der Waals surface area contributed by atoms with Crippen LogP contribution in [0, 0.1) is 0 Å². The number of rotatable bonds is 56. The summed E-state index contributed by atoms with van der Waals surface area (Å²) in [7, 11) is 0. The largest absolute Gasteiger partial charge is 0.462 e. The van der Waals surface area contributed by atoms with Crippen LogP contribution < -0.4 is 0 Å².